The lowest BCUT2D eigenvalue weighted by Crippen LogP contribution is -2.29. The van der Waals surface area contributed by atoms with Gasteiger partial charge in [-0.2, -0.15) is 0 Å². The van der Waals surface area contributed by atoms with Crippen LogP contribution in [0.25, 0.3) is 10.1 Å². The van der Waals surface area contributed by atoms with Crippen LogP contribution in [-0.4, -0.2) is 17.2 Å². The van der Waals surface area contributed by atoms with Crippen LogP contribution in [-0.2, 0) is 0 Å². The topological polar surface area (TPSA) is 40.5 Å². The molecule has 0 fully saturated rings. The highest BCUT2D eigenvalue weighted by molar-refractivity contribution is 14.1. The van der Waals surface area contributed by atoms with E-state index in [4.69, 9.17) is 10.0 Å². The Bertz CT molecular complexity index is 481. The van der Waals surface area contributed by atoms with Crippen molar-refractivity contribution in [2.45, 2.75) is 6.92 Å². The molecular weight excluding hydrogens is 310 g/mol. The molecule has 0 aliphatic carbocycles. The maximum atomic E-state index is 9.07. The van der Waals surface area contributed by atoms with Crippen molar-refractivity contribution in [3.8, 4) is 0 Å². The van der Waals surface area contributed by atoms with E-state index < -0.39 is 7.12 Å². The van der Waals surface area contributed by atoms with Gasteiger partial charge in [0.2, 0.25) is 0 Å². The fourth-order valence-corrected chi connectivity index (χ4v) is 3.38. The van der Waals surface area contributed by atoms with E-state index in [0.29, 0.717) is 5.46 Å². The lowest BCUT2D eigenvalue weighted by Gasteiger charge is -2.01. The Morgan fingerprint density at radius 1 is 1.29 bits per heavy atom. The predicted molar refractivity (Wildman–Crippen MR) is 69.1 cm³/mol. The number of hydrogen-bond acceptors (Lipinski definition) is 3. The largest absolute Gasteiger partial charge is 0.488 e. The zero-order chi connectivity index (χ0) is 10.3. The number of thiophene rings is 1. The van der Waals surface area contributed by atoms with E-state index in [1.165, 1.54) is 10.3 Å². The summed E-state index contributed by atoms with van der Waals surface area (Å²) in [5.41, 5.74) is 0.559. The summed E-state index contributed by atoms with van der Waals surface area (Å²) in [6.45, 7) is 2.05. The molecule has 72 valence electrons. The molecule has 2 nitrogen and oxygen atoms in total. The summed E-state index contributed by atoms with van der Waals surface area (Å²) >= 11 is 3.89. The number of hydrogen-bond donors (Lipinski definition) is 2. The van der Waals surface area contributed by atoms with Gasteiger partial charge in [0.15, 0.2) is 0 Å². The third kappa shape index (κ3) is 1.81. The zero-order valence-corrected chi connectivity index (χ0v) is 10.5. The third-order valence-corrected chi connectivity index (χ3v) is 3.92. The minimum Gasteiger partial charge on any atom is -0.423 e. The van der Waals surface area contributed by atoms with Crippen LogP contribution < -0.4 is 5.46 Å². The van der Waals surface area contributed by atoms with Crippen LogP contribution in [0.3, 0.4) is 0 Å². The van der Waals surface area contributed by atoms with Gasteiger partial charge in [0.25, 0.3) is 0 Å². The van der Waals surface area contributed by atoms with E-state index in [0.717, 1.165) is 8.27 Å². The first-order valence-electron chi connectivity index (χ1n) is 4.13. The van der Waals surface area contributed by atoms with Crippen LogP contribution in [0.5, 0.6) is 0 Å². The van der Waals surface area contributed by atoms with Gasteiger partial charge in [0, 0.05) is 18.5 Å². The van der Waals surface area contributed by atoms with Crippen LogP contribution in [0.4, 0.5) is 0 Å². The Labute approximate surface area is 99.9 Å². The average molecular weight is 318 g/mol. The molecule has 0 bridgehead atoms. The number of halogens is 1. The highest BCUT2D eigenvalue weighted by Gasteiger charge is 2.14. The van der Waals surface area contributed by atoms with Gasteiger partial charge in [0.05, 0.1) is 0 Å². The molecule has 0 saturated heterocycles. The molecule has 2 N–H and O–H groups in total. The molecule has 0 atom stereocenters. The quantitative estimate of drug-likeness (QED) is 0.618. The van der Waals surface area contributed by atoms with Crippen molar-refractivity contribution in [2.75, 3.05) is 0 Å². The van der Waals surface area contributed by atoms with Gasteiger partial charge >= 0.3 is 7.12 Å². The van der Waals surface area contributed by atoms with Crippen LogP contribution in [0.2, 0.25) is 0 Å². The van der Waals surface area contributed by atoms with Crippen LogP contribution in [0.15, 0.2) is 18.2 Å². The van der Waals surface area contributed by atoms with Gasteiger partial charge in [-0.25, -0.2) is 0 Å². The first-order chi connectivity index (χ1) is 6.58. The molecule has 1 aromatic heterocycles. The van der Waals surface area contributed by atoms with E-state index in [2.05, 4.69) is 35.6 Å². The summed E-state index contributed by atoms with van der Waals surface area (Å²) < 4.78 is 2.17. The van der Waals surface area contributed by atoms with Gasteiger partial charge in [-0.1, -0.05) is 0 Å². The zero-order valence-electron chi connectivity index (χ0n) is 7.49. The smallest absolute Gasteiger partial charge is 0.423 e. The second-order valence-electron chi connectivity index (χ2n) is 3.15. The highest BCUT2D eigenvalue weighted by atomic mass is 127. The Hall–Kier alpha value is -0.105. The number of fused-ring (bicyclic) bond motifs is 1. The van der Waals surface area contributed by atoms with Crippen molar-refractivity contribution in [3.63, 3.8) is 0 Å². The van der Waals surface area contributed by atoms with Gasteiger partial charge in [-0.3, -0.25) is 0 Å². The van der Waals surface area contributed by atoms with Gasteiger partial charge in [0.1, 0.15) is 0 Å². The van der Waals surface area contributed by atoms with Crippen molar-refractivity contribution in [2.24, 2.45) is 0 Å². The number of rotatable bonds is 1. The first-order valence-corrected chi connectivity index (χ1v) is 6.03. The van der Waals surface area contributed by atoms with E-state index >= 15 is 0 Å². The standard InChI is InChI=1S/C9H8BIO2S/c1-5-2-7-8(11)3-6(10(12)13)4-9(7)14-5/h2-4,12-13H,1H3. The van der Waals surface area contributed by atoms with Crippen LogP contribution in [0.1, 0.15) is 4.88 Å². The molecule has 1 aromatic carbocycles. The summed E-state index contributed by atoms with van der Waals surface area (Å²) in [5.74, 6) is 0. The molecule has 0 saturated carbocycles. The fraction of sp³-hybridized carbons (Fsp3) is 0.111. The Kier molecular flexibility index (Phi) is 2.83. The van der Waals surface area contributed by atoms with Crippen molar-refractivity contribution in [1.29, 1.82) is 0 Å². The highest BCUT2D eigenvalue weighted by Crippen LogP contribution is 2.27. The van der Waals surface area contributed by atoms with Crippen molar-refractivity contribution in [3.05, 3.63) is 26.6 Å². The van der Waals surface area contributed by atoms with Crippen molar-refractivity contribution >= 4 is 56.6 Å². The lowest BCUT2D eigenvalue weighted by atomic mass is 9.80. The van der Waals surface area contributed by atoms with Gasteiger partial charge < -0.3 is 10.0 Å². The molecule has 1 heterocycles. The molecule has 2 aromatic rings. The molecule has 0 radical (unpaired) electrons. The first kappa shape index (κ1) is 10.4. The average Bonchev–Trinajstić information content (AvgIpc) is 2.45. The Morgan fingerprint density at radius 3 is 2.64 bits per heavy atom. The normalized spacial score (nSPS) is 10.9. The summed E-state index contributed by atoms with van der Waals surface area (Å²) in [5, 5.41) is 19.3. The molecule has 14 heavy (non-hydrogen) atoms. The van der Waals surface area contributed by atoms with Crippen molar-refractivity contribution in [1.82, 2.24) is 0 Å². The van der Waals surface area contributed by atoms with Gasteiger partial charge in [-0.05, 0) is 53.2 Å². The second-order valence-corrected chi connectivity index (χ2v) is 5.60. The molecule has 0 spiro atoms. The lowest BCUT2D eigenvalue weighted by molar-refractivity contribution is 0.426. The Balaban J connectivity index is 2.71. The Morgan fingerprint density at radius 2 is 2.00 bits per heavy atom. The van der Waals surface area contributed by atoms with Gasteiger partial charge in [-0.15, -0.1) is 11.3 Å². The predicted octanol–water partition coefficient (Wildman–Crippen LogP) is 1.49. The van der Waals surface area contributed by atoms with Crippen LogP contribution in [0, 0.1) is 10.5 Å². The fourth-order valence-electron chi connectivity index (χ4n) is 1.39. The molecule has 0 amide bonds. The monoisotopic (exact) mass is 318 g/mol. The van der Waals surface area contributed by atoms with E-state index in [9.17, 15) is 0 Å². The second kappa shape index (κ2) is 3.81. The molecule has 0 unspecified atom stereocenters. The molecular formula is C9H8BIO2S. The minimum absolute atomic E-state index is 0.559. The summed E-state index contributed by atoms with van der Waals surface area (Å²) in [6.07, 6.45) is 0. The molecule has 5 heteroatoms. The SMILES string of the molecule is Cc1cc2c(I)cc(B(O)O)cc2s1. The number of aryl methyl sites for hydroxylation is 1. The summed E-state index contributed by atoms with van der Waals surface area (Å²) in [7, 11) is -1.38. The molecule has 0 aliphatic heterocycles. The summed E-state index contributed by atoms with van der Waals surface area (Å²) in [6, 6.07) is 5.76. The maximum absolute atomic E-state index is 9.07. The molecule has 2 rings (SSSR count). The molecule has 0 aliphatic rings. The van der Waals surface area contributed by atoms with Crippen molar-refractivity contribution < 1.29 is 10.0 Å². The van der Waals surface area contributed by atoms with E-state index in [1.54, 1.807) is 17.4 Å². The van der Waals surface area contributed by atoms with E-state index in [-0.39, 0.29) is 0 Å². The minimum atomic E-state index is -1.38. The summed E-state index contributed by atoms with van der Waals surface area (Å²) in [4.78, 5) is 1.24. The number of benzene rings is 1. The van der Waals surface area contributed by atoms with Crippen LogP contribution >= 0.6 is 33.9 Å². The third-order valence-electron chi connectivity index (χ3n) is 2.03. The maximum Gasteiger partial charge on any atom is 0.488 e. The van der Waals surface area contributed by atoms with E-state index in [1.807, 2.05) is 6.07 Å².